The maximum Gasteiger partial charge on any atom is 0.286 e. The van der Waals surface area contributed by atoms with Crippen molar-refractivity contribution in [2.75, 3.05) is 27.3 Å². The Labute approximate surface area is 151 Å². The maximum atomic E-state index is 12.3. The van der Waals surface area contributed by atoms with Crippen LogP contribution in [0.5, 0.6) is 11.5 Å². The van der Waals surface area contributed by atoms with Crippen molar-refractivity contribution in [2.45, 2.75) is 26.1 Å². The molecule has 0 N–H and O–H groups in total. The number of carbonyl (C=O) groups excluding carboxylic acids is 1. The number of methoxy groups -OCH3 is 2. The summed E-state index contributed by atoms with van der Waals surface area (Å²) >= 11 is 1.39. The standard InChI is InChI=1S/C18H22N2O4S/c1-11-9-20(10-12(2)24-11)18-19-17(21)16(25-18)8-13-7-14(22-3)5-6-15(13)23-4/h5-8,11-12H,9-10H2,1-4H3/b16-8-. The lowest BCUT2D eigenvalue weighted by atomic mass is 10.1. The Bertz CT molecular complexity index is 722. The minimum Gasteiger partial charge on any atom is -0.497 e. The van der Waals surface area contributed by atoms with Crippen molar-refractivity contribution in [1.82, 2.24) is 4.90 Å². The molecule has 25 heavy (non-hydrogen) atoms. The Kier molecular flexibility index (Phi) is 5.34. The molecule has 2 atom stereocenters. The average Bonchev–Trinajstić information content (AvgIpc) is 2.95. The van der Waals surface area contributed by atoms with Gasteiger partial charge >= 0.3 is 0 Å². The van der Waals surface area contributed by atoms with Crippen molar-refractivity contribution >= 4 is 28.9 Å². The Morgan fingerprint density at radius 2 is 1.96 bits per heavy atom. The highest BCUT2D eigenvalue weighted by molar-refractivity contribution is 8.18. The minimum absolute atomic E-state index is 0.119. The highest BCUT2D eigenvalue weighted by atomic mass is 32.2. The first-order valence-electron chi connectivity index (χ1n) is 8.15. The van der Waals surface area contributed by atoms with Crippen LogP contribution in [-0.2, 0) is 9.53 Å². The summed E-state index contributed by atoms with van der Waals surface area (Å²) in [5, 5.41) is 0.736. The van der Waals surface area contributed by atoms with Crippen molar-refractivity contribution in [3.63, 3.8) is 0 Å². The fraction of sp³-hybridized carbons (Fsp3) is 0.444. The average molecular weight is 362 g/mol. The van der Waals surface area contributed by atoms with Gasteiger partial charge in [0.05, 0.1) is 31.3 Å². The molecule has 2 heterocycles. The highest BCUT2D eigenvalue weighted by Crippen LogP contribution is 2.34. The van der Waals surface area contributed by atoms with E-state index in [0.717, 1.165) is 23.8 Å². The van der Waals surface area contributed by atoms with Crippen molar-refractivity contribution in [1.29, 1.82) is 0 Å². The van der Waals surface area contributed by atoms with Gasteiger partial charge in [0.1, 0.15) is 11.5 Å². The molecule has 1 aromatic rings. The molecule has 2 aliphatic heterocycles. The molecular weight excluding hydrogens is 340 g/mol. The smallest absolute Gasteiger partial charge is 0.286 e. The quantitative estimate of drug-likeness (QED) is 0.771. The Balaban J connectivity index is 1.82. The zero-order valence-corrected chi connectivity index (χ0v) is 15.6. The van der Waals surface area contributed by atoms with Crippen LogP contribution in [0.2, 0.25) is 0 Å². The SMILES string of the molecule is COc1ccc(OC)c(/C=C2\SC(N3CC(C)OC(C)C3)=NC2=O)c1. The van der Waals surface area contributed by atoms with Gasteiger partial charge in [-0.1, -0.05) is 0 Å². The molecule has 1 saturated heterocycles. The molecule has 1 fully saturated rings. The van der Waals surface area contributed by atoms with E-state index in [0.29, 0.717) is 16.4 Å². The van der Waals surface area contributed by atoms with Crippen LogP contribution in [0.3, 0.4) is 0 Å². The summed E-state index contributed by atoms with van der Waals surface area (Å²) in [5.74, 6) is 1.17. The second-order valence-corrected chi connectivity index (χ2v) is 7.09. The van der Waals surface area contributed by atoms with Crippen LogP contribution < -0.4 is 9.47 Å². The van der Waals surface area contributed by atoms with Crippen molar-refractivity contribution < 1.29 is 19.0 Å². The first kappa shape index (κ1) is 17.8. The molecule has 0 aliphatic carbocycles. The minimum atomic E-state index is -0.225. The number of ether oxygens (including phenoxy) is 3. The van der Waals surface area contributed by atoms with Gasteiger partial charge in [0.25, 0.3) is 5.91 Å². The first-order chi connectivity index (χ1) is 12.0. The third kappa shape index (κ3) is 3.99. The van der Waals surface area contributed by atoms with Gasteiger partial charge in [-0.05, 0) is 49.9 Å². The molecule has 0 radical (unpaired) electrons. The van der Waals surface area contributed by atoms with Gasteiger partial charge in [-0.15, -0.1) is 0 Å². The molecule has 2 aliphatic rings. The first-order valence-corrected chi connectivity index (χ1v) is 8.96. The van der Waals surface area contributed by atoms with Crippen LogP contribution in [0, 0.1) is 0 Å². The number of benzene rings is 1. The normalized spacial score (nSPS) is 25.3. The van der Waals surface area contributed by atoms with Crippen LogP contribution in [-0.4, -0.2) is 55.5 Å². The fourth-order valence-corrected chi connectivity index (χ4v) is 3.88. The van der Waals surface area contributed by atoms with E-state index in [-0.39, 0.29) is 18.1 Å². The van der Waals surface area contributed by atoms with Crippen LogP contribution in [0.1, 0.15) is 19.4 Å². The molecule has 0 saturated carbocycles. The fourth-order valence-electron chi connectivity index (χ4n) is 2.96. The van der Waals surface area contributed by atoms with Crippen LogP contribution in [0.4, 0.5) is 0 Å². The second-order valence-electron chi connectivity index (χ2n) is 6.08. The molecule has 2 unspecified atom stereocenters. The van der Waals surface area contributed by atoms with E-state index in [9.17, 15) is 4.79 Å². The number of carbonyl (C=O) groups is 1. The van der Waals surface area contributed by atoms with Crippen molar-refractivity contribution in [3.05, 3.63) is 28.7 Å². The summed E-state index contributed by atoms with van der Waals surface area (Å²) in [6.07, 6.45) is 2.04. The van der Waals surface area contributed by atoms with E-state index >= 15 is 0 Å². The zero-order valence-electron chi connectivity index (χ0n) is 14.8. The van der Waals surface area contributed by atoms with E-state index in [1.807, 2.05) is 32.0 Å². The number of nitrogens with zero attached hydrogens (tertiary/aromatic N) is 2. The number of amidine groups is 1. The number of amides is 1. The van der Waals surface area contributed by atoms with Crippen LogP contribution >= 0.6 is 11.8 Å². The topological polar surface area (TPSA) is 60.4 Å². The molecule has 0 aromatic heterocycles. The molecular formula is C18H22N2O4S. The lowest BCUT2D eigenvalue weighted by Gasteiger charge is -2.35. The van der Waals surface area contributed by atoms with E-state index in [2.05, 4.69) is 9.89 Å². The monoisotopic (exact) mass is 362 g/mol. The number of hydrogen-bond donors (Lipinski definition) is 0. The van der Waals surface area contributed by atoms with Gasteiger partial charge in [0, 0.05) is 18.7 Å². The molecule has 7 heteroatoms. The Hall–Kier alpha value is -1.99. The number of hydrogen-bond acceptors (Lipinski definition) is 6. The lowest BCUT2D eigenvalue weighted by Crippen LogP contribution is -2.47. The molecule has 134 valence electrons. The largest absolute Gasteiger partial charge is 0.497 e. The van der Waals surface area contributed by atoms with Gasteiger partial charge in [-0.3, -0.25) is 4.79 Å². The summed E-state index contributed by atoms with van der Waals surface area (Å²) in [5.41, 5.74) is 0.790. The predicted molar refractivity (Wildman–Crippen MR) is 99.1 cm³/mol. The third-order valence-corrected chi connectivity index (χ3v) is 5.07. The summed E-state index contributed by atoms with van der Waals surface area (Å²) in [4.78, 5) is 19.3. The molecule has 3 rings (SSSR count). The molecule has 1 amide bonds. The van der Waals surface area contributed by atoms with Crippen molar-refractivity contribution in [3.8, 4) is 11.5 Å². The van der Waals surface area contributed by atoms with E-state index in [1.54, 1.807) is 20.3 Å². The number of rotatable bonds is 3. The Morgan fingerprint density at radius 3 is 2.60 bits per heavy atom. The van der Waals surface area contributed by atoms with E-state index < -0.39 is 0 Å². The van der Waals surface area contributed by atoms with Gasteiger partial charge in [0.15, 0.2) is 5.17 Å². The number of aliphatic imine (C=N–C) groups is 1. The van der Waals surface area contributed by atoms with E-state index in [1.165, 1.54) is 11.8 Å². The van der Waals surface area contributed by atoms with Gasteiger partial charge in [-0.2, -0.15) is 4.99 Å². The molecule has 0 spiro atoms. The van der Waals surface area contributed by atoms with Crippen LogP contribution in [0.15, 0.2) is 28.1 Å². The predicted octanol–water partition coefficient (Wildman–Crippen LogP) is 2.78. The molecule has 6 nitrogen and oxygen atoms in total. The zero-order chi connectivity index (χ0) is 18.0. The second kappa shape index (κ2) is 7.49. The summed E-state index contributed by atoms with van der Waals surface area (Å²) < 4.78 is 16.4. The summed E-state index contributed by atoms with van der Waals surface area (Å²) in [6, 6.07) is 5.49. The lowest BCUT2D eigenvalue weighted by molar-refractivity contribution is -0.113. The molecule has 0 bridgehead atoms. The number of thioether (sulfide) groups is 1. The van der Waals surface area contributed by atoms with Crippen molar-refractivity contribution in [2.24, 2.45) is 4.99 Å². The van der Waals surface area contributed by atoms with Gasteiger partial charge < -0.3 is 19.1 Å². The Morgan fingerprint density at radius 1 is 1.24 bits per heavy atom. The van der Waals surface area contributed by atoms with E-state index in [4.69, 9.17) is 14.2 Å². The van der Waals surface area contributed by atoms with Crippen LogP contribution in [0.25, 0.3) is 6.08 Å². The van der Waals surface area contributed by atoms with Gasteiger partial charge in [-0.25, -0.2) is 0 Å². The maximum absolute atomic E-state index is 12.3. The highest BCUT2D eigenvalue weighted by Gasteiger charge is 2.31. The molecule has 1 aromatic carbocycles. The summed E-state index contributed by atoms with van der Waals surface area (Å²) in [7, 11) is 3.21. The summed E-state index contributed by atoms with van der Waals surface area (Å²) in [6.45, 7) is 5.53. The number of morpholine rings is 1. The van der Waals surface area contributed by atoms with Gasteiger partial charge in [0.2, 0.25) is 0 Å². The third-order valence-electron chi connectivity index (χ3n) is 4.02.